The number of phenols is 1. The van der Waals surface area contributed by atoms with E-state index in [1.807, 2.05) is 24.3 Å². The number of ether oxygens (including phenoxy) is 1. The van der Waals surface area contributed by atoms with E-state index in [1.165, 1.54) is 17.0 Å². The zero-order chi connectivity index (χ0) is 17.7. The van der Waals surface area contributed by atoms with Crippen molar-refractivity contribution in [1.29, 1.82) is 0 Å². The van der Waals surface area contributed by atoms with Crippen LogP contribution in [0.25, 0.3) is 0 Å². The first-order valence-electron chi connectivity index (χ1n) is 7.32. The SMILES string of the molecule is Cc1ccc(O)c(C(=O)OCC(=O)N(C)Cc2ccc(Br)cc2)c1. The second-order valence-corrected chi connectivity index (χ2v) is 6.39. The maximum Gasteiger partial charge on any atom is 0.342 e. The molecule has 0 bridgehead atoms. The fourth-order valence-electron chi connectivity index (χ4n) is 2.08. The van der Waals surface area contributed by atoms with Crippen molar-refractivity contribution in [3.05, 3.63) is 63.6 Å². The van der Waals surface area contributed by atoms with Crippen molar-refractivity contribution >= 4 is 27.8 Å². The molecular weight excluding hydrogens is 374 g/mol. The number of rotatable bonds is 5. The molecule has 2 aromatic carbocycles. The highest BCUT2D eigenvalue weighted by molar-refractivity contribution is 9.10. The van der Waals surface area contributed by atoms with Gasteiger partial charge in [0, 0.05) is 18.1 Å². The summed E-state index contributed by atoms with van der Waals surface area (Å²) in [4.78, 5) is 25.5. The molecule has 2 rings (SSSR count). The number of amides is 1. The van der Waals surface area contributed by atoms with Gasteiger partial charge < -0.3 is 14.7 Å². The molecule has 6 heteroatoms. The van der Waals surface area contributed by atoms with E-state index in [-0.39, 0.29) is 23.8 Å². The molecule has 0 fully saturated rings. The Morgan fingerprint density at radius 3 is 2.50 bits per heavy atom. The third kappa shape index (κ3) is 4.83. The lowest BCUT2D eigenvalue weighted by Gasteiger charge is -2.17. The second kappa shape index (κ2) is 7.97. The lowest BCUT2D eigenvalue weighted by molar-refractivity contribution is -0.133. The van der Waals surface area contributed by atoms with E-state index in [4.69, 9.17) is 4.74 Å². The highest BCUT2D eigenvalue weighted by Crippen LogP contribution is 2.19. The van der Waals surface area contributed by atoms with Crippen LogP contribution in [0.3, 0.4) is 0 Å². The summed E-state index contributed by atoms with van der Waals surface area (Å²) in [7, 11) is 1.64. The topological polar surface area (TPSA) is 66.8 Å². The molecule has 2 aromatic rings. The molecule has 0 aliphatic rings. The molecule has 1 N–H and O–H groups in total. The smallest absolute Gasteiger partial charge is 0.342 e. The Morgan fingerprint density at radius 2 is 1.83 bits per heavy atom. The Labute approximate surface area is 149 Å². The van der Waals surface area contributed by atoms with Crippen LogP contribution in [-0.2, 0) is 16.1 Å². The first kappa shape index (κ1) is 18.0. The van der Waals surface area contributed by atoms with Gasteiger partial charge in [0.05, 0.1) is 0 Å². The number of phenolic OH excluding ortho intramolecular Hbond substituents is 1. The second-order valence-electron chi connectivity index (χ2n) is 5.47. The Bertz CT molecular complexity index is 743. The predicted molar refractivity (Wildman–Crippen MR) is 93.7 cm³/mol. The van der Waals surface area contributed by atoms with Crippen molar-refractivity contribution in [3.8, 4) is 5.75 Å². The number of halogens is 1. The van der Waals surface area contributed by atoms with Gasteiger partial charge in [-0.15, -0.1) is 0 Å². The van der Waals surface area contributed by atoms with E-state index >= 15 is 0 Å². The normalized spacial score (nSPS) is 10.3. The molecule has 0 aliphatic carbocycles. The number of aryl methyl sites for hydroxylation is 1. The van der Waals surface area contributed by atoms with Gasteiger partial charge in [0.1, 0.15) is 11.3 Å². The van der Waals surface area contributed by atoms with Crippen LogP contribution in [0.5, 0.6) is 5.75 Å². The molecule has 0 saturated heterocycles. The van der Waals surface area contributed by atoms with Gasteiger partial charge in [0.2, 0.25) is 0 Å². The highest BCUT2D eigenvalue weighted by Gasteiger charge is 2.16. The Balaban J connectivity index is 1.91. The number of carbonyl (C=O) groups is 2. The fraction of sp³-hybridized carbons (Fsp3) is 0.222. The molecule has 0 radical (unpaired) electrons. The third-order valence-electron chi connectivity index (χ3n) is 3.46. The molecule has 5 nitrogen and oxygen atoms in total. The Kier molecular flexibility index (Phi) is 5.98. The number of esters is 1. The lowest BCUT2D eigenvalue weighted by atomic mass is 10.1. The zero-order valence-electron chi connectivity index (χ0n) is 13.5. The minimum Gasteiger partial charge on any atom is -0.507 e. The minimum absolute atomic E-state index is 0.0540. The third-order valence-corrected chi connectivity index (χ3v) is 3.99. The highest BCUT2D eigenvalue weighted by atomic mass is 79.9. The van der Waals surface area contributed by atoms with E-state index in [0.717, 1.165) is 15.6 Å². The van der Waals surface area contributed by atoms with E-state index in [0.29, 0.717) is 6.54 Å². The van der Waals surface area contributed by atoms with Gasteiger partial charge in [-0.05, 0) is 36.8 Å². The van der Waals surface area contributed by atoms with E-state index in [1.54, 1.807) is 20.0 Å². The molecule has 1 amide bonds. The average Bonchev–Trinajstić information content (AvgIpc) is 2.56. The molecule has 0 aliphatic heterocycles. The van der Waals surface area contributed by atoms with Crippen molar-refractivity contribution in [2.24, 2.45) is 0 Å². The van der Waals surface area contributed by atoms with Crippen LogP contribution in [-0.4, -0.2) is 35.5 Å². The van der Waals surface area contributed by atoms with Crippen LogP contribution >= 0.6 is 15.9 Å². The number of hydrogen-bond donors (Lipinski definition) is 1. The molecule has 24 heavy (non-hydrogen) atoms. The minimum atomic E-state index is -0.721. The number of carbonyl (C=O) groups excluding carboxylic acids is 2. The van der Waals surface area contributed by atoms with Gasteiger partial charge >= 0.3 is 5.97 Å². The van der Waals surface area contributed by atoms with Crippen molar-refractivity contribution in [3.63, 3.8) is 0 Å². The van der Waals surface area contributed by atoms with Gasteiger partial charge in [-0.3, -0.25) is 4.79 Å². The van der Waals surface area contributed by atoms with Crippen molar-refractivity contribution in [1.82, 2.24) is 4.90 Å². The number of likely N-dealkylation sites (N-methyl/N-ethyl adjacent to an activating group) is 1. The maximum atomic E-state index is 12.1. The quantitative estimate of drug-likeness (QED) is 0.794. The average molecular weight is 392 g/mol. The summed E-state index contributed by atoms with van der Waals surface area (Å²) < 4.78 is 5.97. The summed E-state index contributed by atoms with van der Waals surface area (Å²) in [6.45, 7) is 1.84. The fourth-order valence-corrected chi connectivity index (χ4v) is 2.34. The van der Waals surface area contributed by atoms with Crippen LogP contribution in [0.1, 0.15) is 21.5 Å². The number of benzene rings is 2. The van der Waals surface area contributed by atoms with Crippen molar-refractivity contribution in [2.75, 3.05) is 13.7 Å². The molecule has 0 aromatic heterocycles. The lowest BCUT2D eigenvalue weighted by Crippen LogP contribution is -2.30. The zero-order valence-corrected chi connectivity index (χ0v) is 15.0. The van der Waals surface area contributed by atoms with E-state index < -0.39 is 5.97 Å². The predicted octanol–water partition coefficient (Wildman–Crippen LogP) is 3.28. The number of nitrogens with zero attached hydrogens (tertiary/aromatic N) is 1. The van der Waals surface area contributed by atoms with E-state index in [2.05, 4.69) is 15.9 Å². The van der Waals surface area contributed by atoms with Crippen molar-refractivity contribution < 1.29 is 19.4 Å². The van der Waals surface area contributed by atoms with E-state index in [9.17, 15) is 14.7 Å². The van der Waals surface area contributed by atoms with Gasteiger partial charge in [-0.2, -0.15) is 0 Å². The molecular formula is C18H18BrNO4. The first-order chi connectivity index (χ1) is 11.4. The Hall–Kier alpha value is -2.34. The molecule has 0 heterocycles. The summed E-state index contributed by atoms with van der Waals surface area (Å²) in [6, 6.07) is 12.2. The van der Waals surface area contributed by atoms with Gasteiger partial charge in [-0.1, -0.05) is 39.7 Å². The summed E-state index contributed by atoms with van der Waals surface area (Å²) in [6.07, 6.45) is 0. The van der Waals surface area contributed by atoms with Crippen LogP contribution in [0.2, 0.25) is 0 Å². The van der Waals surface area contributed by atoms with Gasteiger partial charge in [0.15, 0.2) is 6.61 Å². The summed E-state index contributed by atoms with van der Waals surface area (Å²) in [5, 5.41) is 9.70. The van der Waals surface area contributed by atoms with Crippen molar-refractivity contribution in [2.45, 2.75) is 13.5 Å². The molecule has 126 valence electrons. The first-order valence-corrected chi connectivity index (χ1v) is 8.11. The molecule has 0 saturated carbocycles. The summed E-state index contributed by atoms with van der Waals surface area (Å²) >= 11 is 3.36. The molecule has 0 unspecified atom stereocenters. The van der Waals surface area contributed by atoms with Crippen LogP contribution in [0.4, 0.5) is 0 Å². The van der Waals surface area contributed by atoms with Crippen LogP contribution < -0.4 is 0 Å². The number of aromatic hydroxyl groups is 1. The van der Waals surface area contributed by atoms with Crippen LogP contribution in [0.15, 0.2) is 46.9 Å². The molecule has 0 atom stereocenters. The Morgan fingerprint density at radius 1 is 1.17 bits per heavy atom. The maximum absolute atomic E-state index is 12.1. The van der Waals surface area contributed by atoms with Crippen LogP contribution in [0, 0.1) is 6.92 Å². The van der Waals surface area contributed by atoms with Gasteiger partial charge in [0.25, 0.3) is 5.91 Å². The largest absolute Gasteiger partial charge is 0.507 e. The summed E-state index contributed by atoms with van der Waals surface area (Å²) in [5.41, 5.74) is 1.84. The monoisotopic (exact) mass is 391 g/mol. The molecule has 0 spiro atoms. The standard InChI is InChI=1S/C18H18BrNO4/c1-12-3-8-16(21)15(9-12)18(23)24-11-17(22)20(2)10-13-4-6-14(19)7-5-13/h3-9,21H,10-11H2,1-2H3. The van der Waals surface area contributed by atoms with Gasteiger partial charge in [-0.25, -0.2) is 4.79 Å². The summed E-state index contributed by atoms with van der Waals surface area (Å²) in [5.74, 6) is -1.21. The number of hydrogen-bond acceptors (Lipinski definition) is 4.